The molecule has 0 aliphatic rings. The van der Waals surface area contributed by atoms with Crippen molar-refractivity contribution in [2.24, 2.45) is 0 Å². The summed E-state index contributed by atoms with van der Waals surface area (Å²) in [6.45, 7) is 0. The number of hydrogen-bond donors (Lipinski definition) is 3. The zero-order valence-electron chi connectivity index (χ0n) is 8.70. The Bertz CT molecular complexity index is 73.5. The van der Waals surface area contributed by atoms with Crippen molar-refractivity contribution in [1.82, 2.24) is 0 Å². The van der Waals surface area contributed by atoms with Crippen molar-refractivity contribution in [1.29, 1.82) is 0 Å². The SMILES string of the molecule is O.O.O.O.O=P(O)(O)O.[H-].[H-].[K+].[Rb+].[Ti]. The van der Waals surface area contributed by atoms with Crippen LogP contribution in [0.4, 0.5) is 0 Å². The summed E-state index contributed by atoms with van der Waals surface area (Å²) in [5, 5.41) is 0. The molecule has 0 saturated heterocycles. The average Bonchev–Trinajstić information content (AvgIpc) is 0.722. The standard InChI is InChI=1S/K.H3O4P.4H2O.Rb.Ti.2H/c;1-5(2,3)4;;;;;;;;/h;(H3,1,2,3,4);4*1H2;;;;/q+1;;;;;;+1;;2*-1. The minimum atomic E-state index is -4.64. The minimum absolute atomic E-state index is 0. The van der Waals surface area contributed by atoms with Gasteiger partial charge in [-0.05, 0) is 0 Å². The summed E-state index contributed by atoms with van der Waals surface area (Å²) in [5.41, 5.74) is 0. The van der Waals surface area contributed by atoms with Gasteiger partial charge in [0, 0.05) is 21.7 Å². The van der Waals surface area contributed by atoms with E-state index < -0.39 is 7.82 Å². The number of hydrogen-bond acceptors (Lipinski definition) is 1. The van der Waals surface area contributed by atoms with Crippen LogP contribution in [-0.4, -0.2) is 36.6 Å². The van der Waals surface area contributed by atoms with Gasteiger partial charge in [-0.1, -0.05) is 0 Å². The van der Waals surface area contributed by atoms with Gasteiger partial charge >= 0.3 is 117 Å². The monoisotopic (exact) mass is 344 g/mol. The third kappa shape index (κ3) is 144. The summed E-state index contributed by atoms with van der Waals surface area (Å²) in [6, 6.07) is 0. The molecule has 0 aliphatic heterocycles. The van der Waals surface area contributed by atoms with E-state index in [4.69, 9.17) is 19.2 Å². The molecule has 0 radical (unpaired) electrons. The van der Waals surface area contributed by atoms with Crippen molar-refractivity contribution in [2.45, 2.75) is 0 Å². The predicted molar refractivity (Wildman–Crippen MR) is 30.9 cm³/mol. The van der Waals surface area contributed by atoms with Crippen molar-refractivity contribution in [3.8, 4) is 0 Å². The van der Waals surface area contributed by atoms with Crippen molar-refractivity contribution in [3.63, 3.8) is 0 Å². The van der Waals surface area contributed by atoms with Crippen LogP contribution in [0.1, 0.15) is 2.85 Å². The van der Waals surface area contributed by atoms with Crippen LogP contribution in [0, 0.1) is 0 Å². The van der Waals surface area contributed by atoms with E-state index in [-0.39, 0.29) is 156 Å². The topological polar surface area (TPSA) is 204 Å². The van der Waals surface area contributed by atoms with Crippen molar-refractivity contribution in [3.05, 3.63) is 0 Å². The molecule has 0 saturated carbocycles. The normalized spacial score (nSPS) is 4.92. The Balaban J connectivity index is -0.00000000222. The molecule has 72 valence electrons. The van der Waals surface area contributed by atoms with Gasteiger partial charge in [0.25, 0.3) is 0 Å². The maximum absolute atomic E-state index is 8.88. The smallest absolute Gasteiger partial charge is 1.00 e. The summed E-state index contributed by atoms with van der Waals surface area (Å²) in [6.07, 6.45) is 0. The summed E-state index contributed by atoms with van der Waals surface area (Å²) < 4.78 is 8.88. The third-order valence-corrected chi connectivity index (χ3v) is 0. The van der Waals surface area contributed by atoms with Crippen LogP contribution in [0.5, 0.6) is 0 Å². The van der Waals surface area contributed by atoms with Gasteiger partial charge in [-0.25, -0.2) is 4.57 Å². The van der Waals surface area contributed by atoms with E-state index in [0.29, 0.717) is 0 Å². The quantitative estimate of drug-likeness (QED) is 0.289. The molecule has 0 aromatic carbocycles. The molecule has 0 rings (SSSR count). The Kier molecular flexibility index (Phi) is 137. The van der Waals surface area contributed by atoms with Crippen LogP contribution in [0.2, 0.25) is 0 Å². The Hall–Kier alpha value is 4.11. The van der Waals surface area contributed by atoms with E-state index in [1.165, 1.54) is 0 Å². The maximum Gasteiger partial charge on any atom is 1.00 e. The van der Waals surface area contributed by atoms with Crippen LogP contribution >= 0.6 is 7.82 Å². The van der Waals surface area contributed by atoms with E-state index in [1.807, 2.05) is 0 Å². The fourth-order valence-electron chi connectivity index (χ4n) is 0. The van der Waals surface area contributed by atoms with Crippen molar-refractivity contribution < 1.29 is 175 Å². The molecule has 0 aliphatic carbocycles. The Morgan fingerprint density at radius 3 is 0.917 bits per heavy atom. The fraction of sp³-hybridized carbons (Fsp3) is 0. The number of phosphoric acid groups is 1. The van der Waals surface area contributed by atoms with Crippen molar-refractivity contribution in [2.75, 3.05) is 0 Å². The van der Waals surface area contributed by atoms with Gasteiger partial charge in [0.1, 0.15) is 0 Å². The van der Waals surface area contributed by atoms with E-state index in [9.17, 15) is 0 Å². The molecule has 11 N–H and O–H groups in total. The van der Waals surface area contributed by atoms with Crippen LogP contribution < -0.4 is 110 Å². The molecule has 0 atom stereocenters. The van der Waals surface area contributed by atoms with Crippen LogP contribution in [0.25, 0.3) is 0 Å². The molecule has 0 fully saturated rings. The van der Waals surface area contributed by atoms with E-state index in [1.54, 1.807) is 0 Å². The Morgan fingerprint density at radius 1 is 0.917 bits per heavy atom. The molecule has 12 heavy (non-hydrogen) atoms. The number of rotatable bonds is 0. The zero-order valence-corrected chi connectivity index (χ0v) is 17.2. The molecule has 8 nitrogen and oxygen atoms in total. The van der Waals surface area contributed by atoms with E-state index >= 15 is 0 Å². The second-order valence-corrected chi connectivity index (χ2v) is 1.54. The first-order valence-electron chi connectivity index (χ1n) is 0.783. The Labute approximate surface area is 178 Å². The van der Waals surface area contributed by atoms with Gasteiger partial charge in [0.2, 0.25) is 0 Å². The van der Waals surface area contributed by atoms with Gasteiger partial charge in [-0.2, -0.15) is 0 Å². The second-order valence-electron chi connectivity index (χ2n) is 0.513. The molecular weight excluding hydrogens is 331 g/mol. The second kappa shape index (κ2) is 29.4. The third-order valence-electron chi connectivity index (χ3n) is 0. The molecule has 0 bridgehead atoms. The van der Waals surface area contributed by atoms with Gasteiger partial charge in [0.15, 0.2) is 0 Å². The first-order valence-corrected chi connectivity index (χ1v) is 2.35. The largest absolute Gasteiger partial charge is 1.00 e. The van der Waals surface area contributed by atoms with Gasteiger partial charge in [-0.3, -0.25) is 0 Å². The minimum Gasteiger partial charge on any atom is -1.00 e. The maximum atomic E-state index is 8.88. The van der Waals surface area contributed by atoms with Crippen LogP contribution in [0.15, 0.2) is 0 Å². The summed E-state index contributed by atoms with van der Waals surface area (Å²) >= 11 is 0. The summed E-state index contributed by atoms with van der Waals surface area (Å²) in [4.78, 5) is 21.6. The molecule has 0 unspecified atom stereocenters. The molecule has 0 spiro atoms. The molecule has 0 amide bonds. The predicted octanol–water partition coefficient (Wildman–Crippen LogP) is -10.00. The van der Waals surface area contributed by atoms with Gasteiger partial charge in [-0.15, -0.1) is 0 Å². The average molecular weight is 345 g/mol. The van der Waals surface area contributed by atoms with Gasteiger partial charge < -0.3 is 39.4 Å². The molecule has 12 heteroatoms. The van der Waals surface area contributed by atoms with Crippen LogP contribution in [0.3, 0.4) is 0 Å². The molecular formula is H13KO8PRbTi. The first kappa shape index (κ1) is 55.9. The van der Waals surface area contributed by atoms with E-state index in [2.05, 4.69) is 0 Å². The molecule has 0 aromatic rings. The fourth-order valence-corrected chi connectivity index (χ4v) is 0. The summed E-state index contributed by atoms with van der Waals surface area (Å²) in [7, 11) is -4.64. The van der Waals surface area contributed by atoms with E-state index in [0.717, 1.165) is 0 Å². The first-order chi connectivity index (χ1) is 2.00. The van der Waals surface area contributed by atoms with Crippen LogP contribution in [-0.2, 0) is 26.3 Å². The zero-order chi connectivity index (χ0) is 4.50. The summed E-state index contributed by atoms with van der Waals surface area (Å²) in [5.74, 6) is 0. The Morgan fingerprint density at radius 2 is 0.917 bits per heavy atom. The molecule has 0 heterocycles. The molecule has 0 aromatic heterocycles. The van der Waals surface area contributed by atoms with Gasteiger partial charge in [0.05, 0.1) is 0 Å². The van der Waals surface area contributed by atoms with Crippen molar-refractivity contribution >= 4 is 7.82 Å².